The normalized spacial score (nSPS) is 10.6. The molecule has 96 valence electrons. The third-order valence-corrected chi connectivity index (χ3v) is 2.48. The Morgan fingerprint density at radius 1 is 1.18 bits per heavy atom. The highest BCUT2D eigenvalue weighted by Crippen LogP contribution is 2.28. The van der Waals surface area contributed by atoms with E-state index in [0.29, 0.717) is 30.6 Å². The van der Waals surface area contributed by atoms with E-state index in [-0.39, 0.29) is 6.10 Å². The average molecular weight is 259 g/mol. The van der Waals surface area contributed by atoms with Crippen molar-refractivity contribution in [2.24, 2.45) is 0 Å². The van der Waals surface area contributed by atoms with Crippen molar-refractivity contribution in [3.63, 3.8) is 0 Å². The molecule has 0 fully saturated rings. The SMILES string of the molecule is COc1ccc(CCl)cc1OCCOC(C)C. The van der Waals surface area contributed by atoms with E-state index >= 15 is 0 Å². The maximum Gasteiger partial charge on any atom is 0.161 e. The minimum absolute atomic E-state index is 0.217. The largest absolute Gasteiger partial charge is 0.493 e. The van der Waals surface area contributed by atoms with E-state index in [1.807, 2.05) is 32.0 Å². The molecule has 0 unspecified atom stereocenters. The van der Waals surface area contributed by atoms with E-state index < -0.39 is 0 Å². The lowest BCUT2D eigenvalue weighted by Gasteiger charge is -2.12. The van der Waals surface area contributed by atoms with Gasteiger partial charge in [0.2, 0.25) is 0 Å². The number of halogens is 1. The Bertz CT molecular complexity index is 339. The molecule has 0 saturated carbocycles. The van der Waals surface area contributed by atoms with Gasteiger partial charge in [-0.2, -0.15) is 0 Å². The second-order valence-corrected chi connectivity index (χ2v) is 4.15. The summed E-state index contributed by atoms with van der Waals surface area (Å²) in [6.45, 7) is 5.05. The number of hydrogen-bond donors (Lipinski definition) is 0. The fraction of sp³-hybridized carbons (Fsp3) is 0.538. The van der Waals surface area contributed by atoms with Crippen molar-refractivity contribution in [2.75, 3.05) is 20.3 Å². The van der Waals surface area contributed by atoms with E-state index in [9.17, 15) is 0 Å². The lowest BCUT2D eigenvalue weighted by atomic mass is 10.2. The van der Waals surface area contributed by atoms with E-state index in [0.717, 1.165) is 5.56 Å². The number of methoxy groups -OCH3 is 1. The van der Waals surface area contributed by atoms with Crippen LogP contribution in [-0.4, -0.2) is 26.4 Å². The molecule has 3 nitrogen and oxygen atoms in total. The Balaban J connectivity index is 2.55. The van der Waals surface area contributed by atoms with Crippen LogP contribution in [0.4, 0.5) is 0 Å². The zero-order chi connectivity index (χ0) is 12.7. The van der Waals surface area contributed by atoms with Crippen molar-refractivity contribution in [3.05, 3.63) is 23.8 Å². The Hall–Kier alpha value is -0.930. The van der Waals surface area contributed by atoms with Gasteiger partial charge in [0.1, 0.15) is 6.61 Å². The van der Waals surface area contributed by atoms with Gasteiger partial charge in [-0.15, -0.1) is 11.6 Å². The summed E-state index contributed by atoms with van der Waals surface area (Å²) < 4.78 is 16.2. The minimum atomic E-state index is 0.217. The highest BCUT2D eigenvalue weighted by molar-refractivity contribution is 6.17. The highest BCUT2D eigenvalue weighted by Gasteiger charge is 2.05. The maximum atomic E-state index is 5.78. The van der Waals surface area contributed by atoms with Crippen molar-refractivity contribution >= 4 is 11.6 Å². The first kappa shape index (κ1) is 14.1. The summed E-state index contributed by atoms with van der Waals surface area (Å²) in [7, 11) is 1.62. The molecule has 1 rings (SSSR count). The first-order valence-corrected chi connectivity index (χ1v) is 6.18. The van der Waals surface area contributed by atoms with Gasteiger partial charge in [-0.3, -0.25) is 0 Å². The number of ether oxygens (including phenoxy) is 3. The third-order valence-electron chi connectivity index (χ3n) is 2.17. The second kappa shape index (κ2) is 7.41. The van der Waals surface area contributed by atoms with Gasteiger partial charge in [0.05, 0.1) is 19.8 Å². The van der Waals surface area contributed by atoms with Crippen LogP contribution in [0.15, 0.2) is 18.2 Å². The molecule has 0 aliphatic rings. The highest BCUT2D eigenvalue weighted by atomic mass is 35.5. The van der Waals surface area contributed by atoms with Crippen molar-refractivity contribution in [2.45, 2.75) is 25.8 Å². The van der Waals surface area contributed by atoms with Crippen LogP contribution in [0, 0.1) is 0 Å². The van der Waals surface area contributed by atoms with Crippen molar-refractivity contribution in [3.8, 4) is 11.5 Å². The molecule has 4 heteroatoms. The van der Waals surface area contributed by atoms with Crippen LogP contribution >= 0.6 is 11.6 Å². The van der Waals surface area contributed by atoms with Crippen LogP contribution in [0.5, 0.6) is 11.5 Å². The molecule has 0 bridgehead atoms. The summed E-state index contributed by atoms with van der Waals surface area (Å²) >= 11 is 5.78. The Kier molecular flexibility index (Phi) is 6.16. The smallest absolute Gasteiger partial charge is 0.161 e. The summed E-state index contributed by atoms with van der Waals surface area (Å²) in [4.78, 5) is 0. The standard InChI is InChI=1S/C13H19ClO3/c1-10(2)16-6-7-17-13-8-11(9-14)4-5-12(13)15-3/h4-5,8,10H,6-7,9H2,1-3H3. The number of rotatable bonds is 7. The van der Waals surface area contributed by atoms with Crippen LogP contribution in [0.2, 0.25) is 0 Å². The van der Waals surface area contributed by atoms with Gasteiger partial charge in [0, 0.05) is 5.88 Å². The molecule has 0 aliphatic heterocycles. The summed E-state index contributed by atoms with van der Waals surface area (Å²) in [6.07, 6.45) is 0.217. The molecule has 0 aromatic heterocycles. The van der Waals surface area contributed by atoms with Gasteiger partial charge >= 0.3 is 0 Å². The minimum Gasteiger partial charge on any atom is -0.493 e. The summed E-state index contributed by atoms with van der Waals surface area (Å²) in [5, 5.41) is 0. The molecule has 0 amide bonds. The molecule has 17 heavy (non-hydrogen) atoms. The number of benzene rings is 1. The van der Waals surface area contributed by atoms with Gasteiger partial charge in [0.15, 0.2) is 11.5 Å². The predicted molar refractivity (Wildman–Crippen MR) is 69.1 cm³/mol. The lowest BCUT2D eigenvalue weighted by molar-refractivity contribution is 0.0547. The zero-order valence-electron chi connectivity index (χ0n) is 10.5. The van der Waals surface area contributed by atoms with E-state index in [4.69, 9.17) is 25.8 Å². The maximum absolute atomic E-state index is 5.78. The Labute approximate surface area is 108 Å². The molecule has 0 aliphatic carbocycles. The zero-order valence-corrected chi connectivity index (χ0v) is 11.3. The quantitative estimate of drug-likeness (QED) is 0.555. The van der Waals surface area contributed by atoms with Crippen LogP contribution in [0.25, 0.3) is 0 Å². The van der Waals surface area contributed by atoms with E-state index in [1.165, 1.54) is 0 Å². The van der Waals surface area contributed by atoms with E-state index in [2.05, 4.69) is 0 Å². The van der Waals surface area contributed by atoms with Gasteiger partial charge in [-0.1, -0.05) is 6.07 Å². The fourth-order valence-electron chi connectivity index (χ4n) is 1.35. The van der Waals surface area contributed by atoms with Gasteiger partial charge < -0.3 is 14.2 Å². The molecule has 0 saturated heterocycles. The molecule has 1 aromatic rings. The van der Waals surface area contributed by atoms with Crippen LogP contribution in [0.1, 0.15) is 19.4 Å². The first-order chi connectivity index (χ1) is 8.17. The summed E-state index contributed by atoms with van der Waals surface area (Å²) in [5.41, 5.74) is 1.01. The van der Waals surface area contributed by atoms with Crippen molar-refractivity contribution in [1.82, 2.24) is 0 Å². The van der Waals surface area contributed by atoms with Gasteiger partial charge in [0.25, 0.3) is 0 Å². The second-order valence-electron chi connectivity index (χ2n) is 3.89. The topological polar surface area (TPSA) is 27.7 Å². The monoisotopic (exact) mass is 258 g/mol. The summed E-state index contributed by atoms with van der Waals surface area (Å²) in [5.74, 6) is 1.88. The van der Waals surface area contributed by atoms with Crippen LogP contribution in [0.3, 0.4) is 0 Å². The number of alkyl halides is 1. The van der Waals surface area contributed by atoms with E-state index in [1.54, 1.807) is 7.11 Å². The summed E-state index contributed by atoms with van der Waals surface area (Å²) in [6, 6.07) is 5.67. The van der Waals surface area contributed by atoms with Gasteiger partial charge in [-0.25, -0.2) is 0 Å². The van der Waals surface area contributed by atoms with Gasteiger partial charge in [-0.05, 0) is 31.5 Å². The lowest BCUT2D eigenvalue weighted by Crippen LogP contribution is -2.11. The molecule has 0 spiro atoms. The predicted octanol–water partition coefficient (Wildman–Crippen LogP) is 3.24. The third kappa shape index (κ3) is 4.84. The molecule has 0 radical (unpaired) electrons. The molecule has 0 N–H and O–H groups in total. The van der Waals surface area contributed by atoms with Crippen molar-refractivity contribution in [1.29, 1.82) is 0 Å². The molecular formula is C13H19ClO3. The van der Waals surface area contributed by atoms with Crippen LogP contribution < -0.4 is 9.47 Å². The molecule has 1 aromatic carbocycles. The molecule has 0 atom stereocenters. The average Bonchev–Trinajstić information content (AvgIpc) is 2.34. The van der Waals surface area contributed by atoms with Crippen LogP contribution in [-0.2, 0) is 10.6 Å². The first-order valence-electron chi connectivity index (χ1n) is 5.64. The van der Waals surface area contributed by atoms with Crippen molar-refractivity contribution < 1.29 is 14.2 Å². The Morgan fingerprint density at radius 2 is 1.94 bits per heavy atom. The fourth-order valence-corrected chi connectivity index (χ4v) is 1.52. The molecule has 0 heterocycles. The Morgan fingerprint density at radius 3 is 2.53 bits per heavy atom. The number of hydrogen-bond acceptors (Lipinski definition) is 3. The molecular weight excluding hydrogens is 240 g/mol.